The van der Waals surface area contributed by atoms with E-state index in [0.29, 0.717) is 25.0 Å². The van der Waals surface area contributed by atoms with Gasteiger partial charge < -0.3 is 19.5 Å². The minimum absolute atomic E-state index is 0.0456. The van der Waals surface area contributed by atoms with E-state index in [0.717, 1.165) is 0 Å². The van der Waals surface area contributed by atoms with Gasteiger partial charge in [0, 0.05) is 13.7 Å². The number of phenols is 1. The molecule has 4 unspecified atom stereocenters. The second-order valence-electron chi connectivity index (χ2n) is 7.27. The van der Waals surface area contributed by atoms with Crippen LogP contribution in [0.5, 0.6) is 5.75 Å². The molecule has 0 radical (unpaired) electrons. The number of Topliss-reactive ketones (excluding diaryl/α,β-unsaturated/α-hetero) is 1. The van der Waals surface area contributed by atoms with Gasteiger partial charge in [-0.15, -0.1) is 0 Å². The van der Waals surface area contributed by atoms with Crippen molar-refractivity contribution in [3.63, 3.8) is 0 Å². The molecule has 144 valence electrons. The summed E-state index contributed by atoms with van der Waals surface area (Å²) >= 11 is 0. The molecule has 1 aliphatic carbocycles. The van der Waals surface area contributed by atoms with Gasteiger partial charge in [0.1, 0.15) is 18.0 Å². The number of ketones is 1. The van der Waals surface area contributed by atoms with Gasteiger partial charge in [0.25, 0.3) is 5.91 Å². The van der Waals surface area contributed by atoms with Crippen molar-refractivity contribution in [2.45, 2.75) is 37.6 Å². The molecule has 0 aromatic heterocycles. The molecule has 4 atom stereocenters. The van der Waals surface area contributed by atoms with E-state index in [1.165, 1.54) is 24.1 Å². The van der Waals surface area contributed by atoms with Gasteiger partial charge in [0.2, 0.25) is 0 Å². The lowest BCUT2D eigenvalue weighted by molar-refractivity contribution is -0.136. The number of phenolic OH excluding ortho intramolecular Hbond substituents is 1. The largest absolute Gasteiger partial charge is 0.508 e. The van der Waals surface area contributed by atoms with Crippen LogP contribution >= 0.6 is 0 Å². The molecule has 1 fully saturated rings. The zero-order chi connectivity index (χ0) is 19.1. The van der Waals surface area contributed by atoms with E-state index >= 15 is 0 Å². The van der Waals surface area contributed by atoms with E-state index < -0.39 is 24.2 Å². The second-order valence-corrected chi connectivity index (χ2v) is 7.27. The molecule has 1 aromatic rings. The Morgan fingerprint density at radius 3 is 2.89 bits per heavy atom. The Balaban J connectivity index is 1.77. The number of hydrogen-bond donors (Lipinski definition) is 1. The van der Waals surface area contributed by atoms with Gasteiger partial charge in [-0.25, -0.2) is 4.39 Å². The molecule has 6 nitrogen and oxygen atoms in total. The van der Waals surface area contributed by atoms with Crippen LogP contribution in [-0.4, -0.2) is 54.2 Å². The number of rotatable bonds is 4. The normalized spacial score (nSPS) is 30.2. The van der Waals surface area contributed by atoms with Crippen molar-refractivity contribution in [1.29, 1.82) is 0 Å². The number of benzene rings is 1. The topological polar surface area (TPSA) is 76.1 Å². The van der Waals surface area contributed by atoms with Crippen molar-refractivity contribution in [3.8, 4) is 5.75 Å². The number of carbonyl (C=O) groups excluding carboxylic acids is 2. The van der Waals surface area contributed by atoms with Gasteiger partial charge in [-0.3, -0.25) is 9.59 Å². The first-order valence-electron chi connectivity index (χ1n) is 9.19. The number of fused-ring (bicyclic) bond motifs is 1. The lowest BCUT2D eigenvalue weighted by atomic mass is 9.77. The zero-order valence-corrected chi connectivity index (χ0v) is 15.1. The van der Waals surface area contributed by atoms with Crippen LogP contribution in [0, 0.1) is 5.92 Å². The Kier molecular flexibility index (Phi) is 4.63. The molecular formula is C20H22FNO5. The summed E-state index contributed by atoms with van der Waals surface area (Å²) in [6, 6.07) is 5.82. The van der Waals surface area contributed by atoms with Crippen molar-refractivity contribution in [1.82, 2.24) is 4.90 Å². The summed E-state index contributed by atoms with van der Waals surface area (Å²) in [6.45, 7) is 0.579. The second kappa shape index (κ2) is 6.96. The van der Waals surface area contributed by atoms with Gasteiger partial charge >= 0.3 is 0 Å². The highest BCUT2D eigenvalue weighted by molar-refractivity contribution is 6.11. The van der Waals surface area contributed by atoms with Crippen LogP contribution in [-0.2, 0) is 19.1 Å². The smallest absolute Gasteiger partial charge is 0.290 e. The Labute approximate surface area is 156 Å². The van der Waals surface area contributed by atoms with Crippen LogP contribution < -0.4 is 0 Å². The van der Waals surface area contributed by atoms with Crippen molar-refractivity contribution in [3.05, 3.63) is 41.2 Å². The minimum atomic E-state index is -1.03. The number of amides is 1. The highest BCUT2D eigenvalue weighted by atomic mass is 19.1. The highest BCUT2D eigenvalue weighted by Gasteiger charge is 2.52. The van der Waals surface area contributed by atoms with Crippen LogP contribution in [0.15, 0.2) is 35.6 Å². The van der Waals surface area contributed by atoms with Crippen molar-refractivity contribution in [2.24, 2.45) is 5.92 Å². The summed E-state index contributed by atoms with van der Waals surface area (Å²) in [6.07, 6.45) is -0.578. The molecule has 2 heterocycles. The molecule has 0 spiro atoms. The van der Waals surface area contributed by atoms with Gasteiger partial charge in [0.05, 0.1) is 24.1 Å². The Bertz CT molecular complexity index is 807. The predicted octanol–water partition coefficient (Wildman–Crippen LogP) is 2.28. The van der Waals surface area contributed by atoms with Crippen LogP contribution in [0.4, 0.5) is 4.39 Å². The van der Waals surface area contributed by atoms with E-state index in [-0.39, 0.29) is 41.7 Å². The standard InChI is InChI=1S/C20H22FNO5/c1-26-8-7-22-17(11-3-2-4-13(23)9-11)16-18(24)14-10-12(21)5-6-15(14)27-19(16)20(22)25/h2-4,9,12,14-15,17,23H,5-8,10H2,1H3. The summed E-state index contributed by atoms with van der Waals surface area (Å²) in [7, 11) is 1.54. The number of alkyl halides is 1. The SMILES string of the molecule is COCCN1C(=O)C2=C(C(=O)C3CC(F)CCC3O2)C1c1cccc(O)c1. The van der Waals surface area contributed by atoms with Gasteiger partial charge in [-0.2, -0.15) is 0 Å². The van der Waals surface area contributed by atoms with Gasteiger partial charge in [-0.1, -0.05) is 12.1 Å². The molecule has 27 heavy (non-hydrogen) atoms. The van der Waals surface area contributed by atoms with E-state index in [1.807, 2.05) is 0 Å². The lowest BCUT2D eigenvalue weighted by Gasteiger charge is -2.36. The molecule has 7 heteroatoms. The molecule has 3 aliphatic rings. The van der Waals surface area contributed by atoms with E-state index in [9.17, 15) is 19.1 Å². The molecule has 0 saturated heterocycles. The molecule has 1 N–H and O–H groups in total. The first-order chi connectivity index (χ1) is 13.0. The van der Waals surface area contributed by atoms with Crippen LogP contribution in [0.1, 0.15) is 30.9 Å². The summed E-state index contributed by atoms with van der Waals surface area (Å²) < 4.78 is 25.0. The van der Waals surface area contributed by atoms with Gasteiger partial charge in [0.15, 0.2) is 11.5 Å². The van der Waals surface area contributed by atoms with Crippen LogP contribution in [0.3, 0.4) is 0 Å². The fourth-order valence-electron chi connectivity index (χ4n) is 4.32. The monoisotopic (exact) mass is 375 g/mol. The first-order valence-corrected chi connectivity index (χ1v) is 9.19. The third-order valence-corrected chi connectivity index (χ3v) is 5.60. The van der Waals surface area contributed by atoms with Crippen LogP contribution in [0.2, 0.25) is 0 Å². The zero-order valence-electron chi connectivity index (χ0n) is 15.1. The number of carbonyl (C=O) groups is 2. The predicted molar refractivity (Wildman–Crippen MR) is 93.6 cm³/mol. The molecule has 2 aliphatic heterocycles. The summed E-state index contributed by atoms with van der Waals surface area (Å²) in [5.74, 6) is -1.02. The van der Waals surface area contributed by atoms with Gasteiger partial charge in [-0.05, 0) is 37.0 Å². The van der Waals surface area contributed by atoms with E-state index in [4.69, 9.17) is 9.47 Å². The molecular weight excluding hydrogens is 353 g/mol. The fourth-order valence-corrected chi connectivity index (χ4v) is 4.32. The number of nitrogens with zero attached hydrogens (tertiary/aromatic N) is 1. The van der Waals surface area contributed by atoms with Crippen molar-refractivity contribution >= 4 is 11.7 Å². The molecule has 1 saturated carbocycles. The third kappa shape index (κ3) is 3.00. The number of halogens is 1. The quantitative estimate of drug-likeness (QED) is 0.874. The Morgan fingerprint density at radius 2 is 2.15 bits per heavy atom. The van der Waals surface area contributed by atoms with E-state index in [1.54, 1.807) is 12.1 Å². The maximum atomic E-state index is 13.9. The van der Waals surface area contributed by atoms with Crippen molar-refractivity contribution < 1.29 is 28.6 Å². The number of methoxy groups -OCH3 is 1. The summed E-state index contributed by atoms with van der Waals surface area (Å²) in [5, 5.41) is 9.88. The Morgan fingerprint density at radius 1 is 1.33 bits per heavy atom. The number of hydrogen-bond acceptors (Lipinski definition) is 5. The maximum Gasteiger partial charge on any atom is 0.290 e. The minimum Gasteiger partial charge on any atom is -0.508 e. The maximum absolute atomic E-state index is 13.9. The first kappa shape index (κ1) is 18.0. The molecule has 0 bridgehead atoms. The fraction of sp³-hybridized carbons (Fsp3) is 0.500. The Hall–Kier alpha value is -2.41. The van der Waals surface area contributed by atoms with Crippen LogP contribution in [0.25, 0.3) is 0 Å². The van der Waals surface area contributed by atoms with Crippen molar-refractivity contribution in [2.75, 3.05) is 20.3 Å². The number of aromatic hydroxyl groups is 1. The average molecular weight is 375 g/mol. The molecule has 1 amide bonds. The number of ether oxygens (including phenoxy) is 2. The molecule has 4 rings (SSSR count). The third-order valence-electron chi connectivity index (χ3n) is 5.60. The summed E-state index contributed by atoms with van der Waals surface area (Å²) in [4.78, 5) is 27.8. The highest BCUT2D eigenvalue weighted by Crippen LogP contribution is 2.47. The summed E-state index contributed by atoms with van der Waals surface area (Å²) in [5.41, 5.74) is 0.893. The average Bonchev–Trinajstić information content (AvgIpc) is 2.93. The van der Waals surface area contributed by atoms with E-state index in [2.05, 4.69) is 0 Å². The molecule has 1 aromatic carbocycles. The lowest BCUT2D eigenvalue weighted by Crippen LogP contribution is -2.42.